The van der Waals surface area contributed by atoms with Crippen LogP contribution in [0.4, 0.5) is 13.2 Å². The highest BCUT2D eigenvalue weighted by Gasteiger charge is 2.33. The summed E-state index contributed by atoms with van der Waals surface area (Å²) in [7, 11) is 1.09. The molecule has 0 bridgehead atoms. The number of pyridine rings is 1. The molecule has 0 amide bonds. The molecule has 1 heterocycles. The minimum Gasteiger partial charge on any atom is -0.464 e. The second-order valence-electron chi connectivity index (χ2n) is 2.95. The molecule has 1 aromatic rings. The number of hydrogen-bond donors (Lipinski definition) is 0. The minimum atomic E-state index is -4.86. The molecule has 0 N–H and O–H groups in total. The maximum Gasteiger partial charge on any atom is 0.573 e. The van der Waals surface area contributed by atoms with Crippen LogP contribution in [0.2, 0.25) is 0 Å². The summed E-state index contributed by atoms with van der Waals surface area (Å²) in [6.45, 7) is 0. The van der Waals surface area contributed by atoms with Gasteiger partial charge in [0, 0.05) is 6.07 Å². The molecular weight excluding hydrogens is 389 g/mol. The summed E-state index contributed by atoms with van der Waals surface area (Å²) < 4.78 is 44.6. The maximum absolute atomic E-state index is 12.2. The molecule has 0 spiro atoms. The number of ether oxygens (including phenoxy) is 2. The van der Waals surface area contributed by atoms with E-state index < -0.39 is 18.1 Å². The van der Waals surface area contributed by atoms with Gasteiger partial charge in [-0.05, 0) is 22.6 Å². The lowest BCUT2D eigenvalue weighted by Gasteiger charge is -2.13. The molecule has 0 aliphatic carbocycles. The molecule has 0 aliphatic rings. The zero-order valence-electron chi connectivity index (χ0n) is 8.85. The van der Waals surface area contributed by atoms with E-state index in [1.54, 1.807) is 0 Å². The lowest BCUT2D eigenvalue weighted by molar-refractivity contribution is -0.275. The van der Waals surface area contributed by atoms with Gasteiger partial charge in [0.1, 0.15) is 5.75 Å². The van der Waals surface area contributed by atoms with E-state index in [1.165, 1.54) is 22.6 Å². The molecule has 0 aromatic carbocycles. The quantitative estimate of drug-likeness (QED) is 0.448. The average molecular weight is 396 g/mol. The first-order chi connectivity index (χ1) is 8.28. The first-order valence-corrected chi connectivity index (χ1v) is 5.99. The fourth-order valence-electron chi connectivity index (χ4n) is 1.06. The van der Waals surface area contributed by atoms with E-state index >= 15 is 0 Å². The van der Waals surface area contributed by atoms with Crippen molar-refractivity contribution in [1.82, 2.24) is 4.98 Å². The van der Waals surface area contributed by atoms with Crippen molar-refractivity contribution >= 4 is 40.2 Å². The number of methoxy groups -OCH3 is 1. The number of halogens is 5. The SMILES string of the molecule is COC(=O)c1nc(CCl)cc(OC(F)(F)F)c1I. The Morgan fingerprint density at radius 1 is 1.56 bits per heavy atom. The van der Waals surface area contributed by atoms with E-state index in [1.807, 2.05) is 0 Å². The summed E-state index contributed by atoms with van der Waals surface area (Å²) in [5.74, 6) is -1.55. The highest BCUT2D eigenvalue weighted by atomic mass is 127. The molecule has 0 radical (unpaired) electrons. The predicted octanol–water partition coefficient (Wildman–Crippen LogP) is 3.11. The van der Waals surface area contributed by atoms with Crippen LogP contribution in [0.5, 0.6) is 5.75 Å². The number of esters is 1. The van der Waals surface area contributed by atoms with Crippen molar-refractivity contribution < 1.29 is 27.4 Å². The second-order valence-corrected chi connectivity index (χ2v) is 4.29. The van der Waals surface area contributed by atoms with Crippen LogP contribution < -0.4 is 4.74 Å². The van der Waals surface area contributed by atoms with Crippen LogP contribution >= 0.6 is 34.2 Å². The summed E-state index contributed by atoms with van der Waals surface area (Å²) >= 11 is 7.01. The topological polar surface area (TPSA) is 48.4 Å². The first kappa shape index (κ1) is 15.3. The number of hydrogen-bond acceptors (Lipinski definition) is 4. The number of aromatic nitrogens is 1. The molecular formula is C9H6ClF3INO3. The van der Waals surface area contributed by atoms with Gasteiger partial charge >= 0.3 is 12.3 Å². The summed E-state index contributed by atoms with van der Waals surface area (Å²) in [5, 5.41) is 0. The number of nitrogens with zero attached hydrogens (tertiary/aromatic N) is 1. The fraction of sp³-hybridized carbons (Fsp3) is 0.333. The van der Waals surface area contributed by atoms with Crippen molar-refractivity contribution in [2.45, 2.75) is 12.2 Å². The third kappa shape index (κ3) is 3.87. The Kier molecular flexibility index (Phi) is 5.02. The van der Waals surface area contributed by atoms with Crippen molar-refractivity contribution in [3.05, 3.63) is 21.0 Å². The van der Waals surface area contributed by atoms with Gasteiger partial charge in [-0.15, -0.1) is 24.8 Å². The number of carbonyl (C=O) groups is 1. The van der Waals surface area contributed by atoms with Gasteiger partial charge in [-0.3, -0.25) is 0 Å². The van der Waals surface area contributed by atoms with Crippen LogP contribution in [0.15, 0.2) is 6.07 Å². The third-order valence-corrected chi connectivity index (χ3v) is 3.04. The smallest absolute Gasteiger partial charge is 0.464 e. The normalized spacial score (nSPS) is 11.2. The first-order valence-electron chi connectivity index (χ1n) is 4.38. The van der Waals surface area contributed by atoms with Crippen LogP contribution in [-0.2, 0) is 10.6 Å². The third-order valence-electron chi connectivity index (χ3n) is 1.72. The largest absolute Gasteiger partial charge is 0.573 e. The van der Waals surface area contributed by atoms with Crippen molar-refractivity contribution in [3.8, 4) is 5.75 Å². The predicted molar refractivity (Wildman–Crippen MR) is 64.5 cm³/mol. The van der Waals surface area contributed by atoms with E-state index in [-0.39, 0.29) is 20.8 Å². The lowest BCUT2D eigenvalue weighted by Crippen LogP contribution is -2.19. The molecule has 0 unspecified atom stereocenters. The standard InChI is InChI=1S/C9H6ClF3INO3/c1-17-8(16)7-6(14)5(18-9(11,12)13)2-4(3-10)15-7/h2H,3H2,1H3. The van der Waals surface area contributed by atoms with E-state index in [9.17, 15) is 18.0 Å². The van der Waals surface area contributed by atoms with Gasteiger partial charge in [0.15, 0.2) is 5.69 Å². The molecule has 4 nitrogen and oxygen atoms in total. The van der Waals surface area contributed by atoms with Crippen LogP contribution in [0, 0.1) is 3.57 Å². The van der Waals surface area contributed by atoms with E-state index in [0.29, 0.717) is 0 Å². The van der Waals surface area contributed by atoms with Gasteiger partial charge in [-0.25, -0.2) is 9.78 Å². The van der Waals surface area contributed by atoms with Crippen molar-refractivity contribution in [3.63, 3.8) is 0 Å². The second kappa shape index (κ2) is 5.91. The molecule has 100 valence electrons. The van der Waals surface area contributed by atoms with E-state index in [4.69, 9.17) is 11.6 Å². The number of rotatable bonds is 3. The Hall–Kier alpha value is -0.770. The molecule has 9 heteroatoms. The Morgan fingerprint density at radius 3 is 2.61 bits per heavy atom. The van der Waals surface area contributed by atoms with Gasteiger partial charge in [0.05, 0.1) is 22.3 Å². The van der Waals surface area contributed by atoms with E-state index in [0.717, 1.165) is 13.2 Å². The number of alkyl halides is 4. The van der Waals surface area contributed by atoms with Crippen LogP contribution in [0.3, 0.4) is 0 Å². The zero-order valence-corrected chi connectivity index (χ0v) is 11.8. The van der Waals surface area contributed by atoms with Gasteiger partial charge in [-0.2, -0.15) is 0 Å². The highest BCUT2D eigenvalue weighted by Crippen LogP contribution is 2.30. The minimum absolute atomic E-state index is 0.0803. The fourth-order valence-corrected chi connectivity index (χ4v) is 1.80. The van der Waals surface area contributed by atoms with Gasteiger partial charge in [0.25, 0.3) is 0 Å². The Bertz CT molecular complexity index is 467. The summed E-state index contributed by atoms with van der Waals surface area (Å²) in [6, 6.07) is 1.02. The zero-order chi connectivity index (χ0) is 13.9. The Balaban J connectivity index is 3.29. The average Bonchev–Trinajstić information content (AvgIpc) is 2.29. The van der Waals surface area contributed by atoms with Crippen LogP contribution in [-0.4, -0.2) is 24.4 Å². The van der Waals surface area contributed by atoms with Gasteiger partial charge < -0.3 is 9.47 Å². The van der Waals surface area contributed by atoms with Crippen molar-refractivity contribution in [2.24, 2.45) is 0 Å². The van der Waals surface area contributed by atoms with E-state index in [2.05, 4.69) is 14.5 Å². The highest BCUT2D eigenvalue weighted by molar-refractivity contribution is 14.1. The van der Waals surface area contributed by atoms with Crippen LogP contribution in [0.25, 0.3) is 0 Å². The lowest BCUT2D eigenvalue weighted by atomic mass is 10.3. The molecule has 0 saturated carbocycles. The molecule has 0 atom stereocenters. The molecule has 1 aromatic heterocycles. The molecule has 18 heavy (non-hydrogen) atoms. The molecule has 1 rings (SSSR count). The van der Waals surface area contributed by atoms with Crippen molar-refractivity contribution in [2.75, 3.05) is 7.11 Å². The van der Waals surface area contributed by atoms with Crippen LogP contribution in [0.1, 0.15) is 16.2 Å². The maximum atomic E-state index is 12.2. The Morgan fingerprint density at radius 2 is 2.17 bits per heavy atom. The molecule has 0 fully saturated rings. The van der Waals surface area contributed by atoms with Gasteiger partial charge in [-0.1, -0.05) is 0 Å². The van der Waals surface area contributed by atoms with Crippen molar-refractivity contribution in [1.29, 1.82) is 0 Å². The Labute approximate surface area is 119 Å². The number of carbonyl (C=O) groups excluding carboxylic acids is 1. The summed E-state index contributed by atoms with van der Waals surface area (Å²) in [5.41, 5.74) is -0.188. The molecule has 0 saturated heterocycles. The summed E-state index contributed by atoms with van der Waals surface area (Å²) in [4.78, 5) is 15.1. The van der Waals surface area contributed by atoms with Gasteiger partial charge in [0.2, 0.25) is 0 Å². The monoisotopic (exact) mass is 395 g/mol. The molecule has 0 aliphatic heterocycles. The summed E-state index contributed by atoms with van der Waals surface area (Å²) in [6.07, 6.45) is -4.86.